The highest BCUT2D eigenvalue weighted by atomic mass is 79.9. The van der Waals surface area contributed by atoms with Crippen molar-refractivity contribution in [3.8, 4) is 0 Å². The van der Waals surface area contributed by atoms with Gasteiger partial charge < -0.3 is 14.2 Å². The molecule has 1 unspecified atom stereocenters. The topological polar surface area (TPSA) is 45.5 Å². The summed E-state index contributed by atoms with van der Waals surface area (Å²) >= 11 is 3.39. The molecular weight excluding hydrogens is 372 g/mol. The van der Waals surface area contributed by atoms with E-state index in [0.29, 0.717) is 33.0 Å². The first kappa shape index (κ1) is 19.1. The minimum Gasteiger partial charge on any atom is -0.377 e. The molecule has 1 heterocycles. The highest BCUT2D eigenvalue weighted by Crippen LogP contribution is 2.11. The second kappa shape index (κ2) is 10.6. The van der Waals surface area contributed by atoms with E-state index in [1.165, 1.54) is 5.56 Å². The van der Waals surface area contributed by atoms with Crippen molar-refractivity contribution < 1.29 is 14.2 Å². The summed E-state index contributed by atoms with van der Waals surface area (Å²) in [7, 11) is 0. The van der Waals surface area contributed by atoms with Crippen LogP contribution in [0.1, 0.15) is 25.5 Å². The Morgan fingerprint density at radius 1 is 1.08 bits per heavy atom. The molecule has 0 saturated heterocycles. The Labute approximate surface area is 152 Å². The zero-order valence-corrected chi connectivity index (χ0v) is 15.8. The summed E-state index contributed by atoms with van der Waals surface area (Å²) in [4.78, 5) is 0. The minimum atomic E-state index is 0.0607. The highest BCUT2D eigenvalue weighted by molar-refractivity contribution is 9.10. The van der Waals surface area contributed by atoms with E-state index in [1.807, 2.05) is 36.0 Å². The van der Waals surface area contributed by atoms with Crippen LogP contribution >= 0.6 is 15.9 Å². The van der Waals surface area contributed by atoms with E-state index in [1.54, 1.807) is 6.20 Å². The zero-order valence-electron chi connectivity index (χ0n) is 14.2. The number of halogens is 1. The molecule has 0 aliphatic rings. The van der Waals surface area contributed by atoms with Crippen LogP contribution in [0.5, 0.6) is 0 Å². The number of ether oxygens (including phenoxy) is 3. The van der Waals surface area contributed by atoms with Crippen molar-refractivity contribution in [1.82, 2.24) is 9.78 Å². The van der Waals surface area contributed by atoms with Gasteiger partial charge in [-0.3, -0.25) is 4.68 Å². The third kappa shape index (κ3) is 7.13. The van der Waals surface area contributed by atoms with Crippen LogP contribution in [0, 0.1) is 0 Å². The van der Waals surface area contributed by atoms with Crippen molar-refractivity contribution in [3.05, 3.63) is 52.8 Å². The summed E-state index contributed by atoms with van der Waals surface area (Å²) in [5, 5.41) is 4.24. The summed E-state index contributed by atoms with van der Waals surface area (Å²) in [6, 6.07) is 10.3. The normalized spacial score (nSPS) is 13.8. The van der Waals surface area contributed by atoms with E-state index in [4.69, 9.17) is 14.2 Å². The molecule has 132 valence electrons. The van der Waals surface area contributed by atoms with E-state index in [0.717, 1.165) is 4.47 Å². The van der Waals surface area contributed by atoms with Crippen LogP contribution in [0.2, 0.25) is 0 Å². The molecule has 0 bridgehead atoms. The van der Waals surface area contributed by atoms with E-state index in [-0.39, 0.29) is 12.1 Å². The summed E-state index contributed by atoms with van der Waals surface area (Å²) < 4.78 is 19.8. The van der Waals surface area contributed by atoms with Gasteiger partial charge in [-0.05, 0) is 35.3 Å². The van der Waals surface area contributed by atoms with Crippen LogP contribution in [0.4, 0.5) is 0 Å². The highest BCUT2D eigenvalue weighted by Gasteiger charge is 2.06. The van der Waals surface area contributed by atoms with Crippen molar-refractivity contribution >= 4 is 15.9 Å². The molecule has 5 nitrogen and oxygen atoms in total. The molecule has 2 atom stereocenters. The molecule has 1 aromatic carbocycles. The van der Waals surface area contributed by atoms with Crippen molar-refractivity contribution in [3.63, 3.8) is 0 Å². The standard InChI is InChI=1S/C18H25BrN2O3/c1-15(21-11-18(19)10-20-21)12-22-8-9-23-13-16(2)24-14-17-6-4-3-5-7-17/h3-7,10-11,15-16H,8-9,12-14H2,1-2H3/t15?,16-/m0/s1. The smallest absolute Gasteiger partial charge is 0.0785 e. The van der Waals surface area contributed by atoms with Crippen LogP contribution in [0.3, 0.4) is 0 Å². The van der Waals surface area contributed by atoms with Gasteiger partial charge in [0.1, 0.15) is 0 Å². The molecule has 0 saturated carbocycles. The second-order valence-electron chi connectivity index (χ2n) is 5.74. The molecule has 0 spiro atoms. The molecule has 24 heavy (non-hydrogen) atoms. The maximum absolute atomic E-state index is 5.75. The number of rotatable bonds is 11. The third-order valence-corrected chi connectivity index (χ3v) is 3.89. The van der Waals surface area contributed by atoms with Gasteiger partial charge in [0.2, 0.25) is 0 Å². The van der Waals surface area contributed by atoms with Gasteiger partial charge in [0.05, 0.1) is 55.8 Å². The first-order valence-electron chi connectivity index (χ1n) is 8.16. The lowest BCUT2D eigenvalue weighted by Crippen LogP contribution is -2.19. The Hall–Kier alpha value is -1.21. The molecule has 0 fully saturated rings. The Bertz CT molecular complexity index is 577. The molecule has 6 heteroatoms. The first-order chi connectivity index (χ1) is 11.6. The average molecular weight is 397 g/mol. The zero-order chi connectivity index (χ0) is 17.2. The Morgan fingerprint density at radius 3 is 2.46 bits per heavy atom. The van der Waals surface area contributed by atoms with Crippen molar-refractivity contribution in [2.24, 2.45) is 0 Å². The number of hydrogen-bond acceptors (Lipinski definition) is 4. The molecule has 2 aromatic rings. The first-order valence-corrected chi connectivity index (χ1v) is 8.95. The van der Waals surface area contributed by atoms with Crippen LogP contribution in [0.25, 0.3) is 0 Å². The lowest BCUT2D eigenvalue weighted by Gasteiger charge is -2.15. The summed E-state index contributed by atoms with van der Waals surface area (Å²) in [5.74, 6) is 0. The Balaban J connectivity index is 1.48. The molecule has 2 rings (SSSR count). The number of benzene rings is 1. The SMILES string of the molecule is CC(COCCOC[C@H](C)OCc1ccccc1)n1cc(Br)cn1. The van der Waals surface area contributed by atoms with E-state index < -0.39 is 0 Å². The van der Waals surface area contributed by atoms with Crippen molar-refractivity contribution in [1.29, 1.82) is 0 Å². The second-order valence-corrected chi connectivity index (χ2v) is 6.66. The average Bonchev–Trinajstić information content (AvgIpc) is 3.03. The maximum Gasteiger partial charge on any atom is 0.0785 e. The summed E-state index contributed by atoms with van der Waals surface area (Å²) in [5.41, 5.74) is 1.17. The van der Waals surface area contributed by atoms with E-state index in [2.05, 4.69) is 40.1 Å². The minimum absolute atomic E-state index is 0.0607. The predicted molar refractivity (Wildman–Crippen MR) is 97.0 cm³/mol. The lowest BCUT2D eigenvalue weighted by atomic mass is 10.2. The number of hydrogen-bond donors (Lipinski definition) is 0. The molecule has 0 N–H and O–H groups in total. The molecule has 1 aromatic heterocycles. The third-order valence-electron chi connectivity index (χ3n) is 3.48. The summed E-state index contributed by atoms with van der Waals surface area (Å²) in [6.45, 7) is 7.00. The Morgan fingerprint density at radius 2 is 1.79 bits per heavy atom. The predicted octanol–water partition coefficient (Wildman–Crippen LogP) is 3.85. The molecular formula is C18H25BrN2O3. The molecule has 0 aliphatic heterocycles. The number of aromatic nitrogens is 2. The van der Waals surface area contributed by atoms with E-state index in [9.17, 15) is 0 Å². The van der Waals surface area contributed by atoms with Gasteiger partial charge in [-0.25, -0.2) is 0 Å². The monoisotopic (exact) mass is 396 g/mol. The molecule has 0 aliphatic carbocycles. The quantitative estimate of drug-likeness (QED) is 0.541. The summed E-state index contributed by atoms with van der Waals surface area (Å²) in [6.07, 6.45) is 3.78. The van der Waals surface area contributed by atoms with Gasteiger partial charge >= 0.3 is 0 Å². The lowest BCUT2D eigenvalue weighted by molar-refractivity contribution is -0.0316. The van der Waals surface area contributed by atoms with Crippen molar-refractivity contribution in [2.45, 2.75) is 32.6 Å². The van der Waals surface area contributed by atoms with Crippen LogP contribution < -0.4 is 0 Å². The fourth-order valence-corrected chi connectivity index (χ4v) is 2.42. The van der Waals surface area contributed by atoms with Crippen molar-refractivity contribution in [2.75, 3.05) is 26.4 Å². The van der Waals surface area contributed by atoms with Gasteiger partial charge in [0.15, 0.2) is 0 Å². The van der Waals surface area contributed by atoms with Gasteiger partial charge in [0.25, 0.3) is 0 Å². The fourth-order valence-electron chi connectivity index (χ4n) is 2.11. The molecule has 0 radical (unpaired) electrons. The van der Waals surface area contributed by atoms with E-state index >= 15 is 0 Å². The fraction of sp³-hybridized carbons (Fsp3) is 0.500. The van der Waals surface area contributed by atoms with Crippen LogP contribution in [-0.2, 0) is 20.8 Å². The van der Waals surface area contributed by atoms with Crippen LogP contribution in [-0.4, -0.2) is 42.3 Å². The van der Waals surface area contributed by atoms with Gasteiger partial charge in [-0.15, -0.1) is 0 Å². The molecule has 0 amide bonds. The van der Waals surface area contributed by atoms with Gasteiger partial charge in [-0.1, -0.05) is 30.3 Å². The number of nitrogens with zero attached hydrogens (tertiary/aromatic N) is 2. The largest absolute Gasteiger partial charge is 0.377 e. The maximum atomic E-state index is 5.75. The van der Waals surface area contributed by atoms with Gasteiger partial charge in [-0.2, -0.15) is 5.10 Å². The van der Waals surface area contributed by atoms with Crippen LogP contribution in [0.15, 0.2) is 47.2 Å². The van der Waals surface area contributed by atoms with Gasteiger partial charge in [0, 0.05) is 6.20 Å². The Kier molecular flexibility index (Phi) is 8.45.